The molecule has 52 valence electrons. The highest BCUT2D eigenvalue weighted by atomic mass is 35.5. The SMILES string of the molecule is Cl.c1cnc2ncsc2c1. The van der Waals surface area contributed by atoms with E-state index in [1.807, 2.05) is 12.1 Å². The third-order valence-electron chi connectivity index (χ3n) is 1.11. The minimum absolute atomic E-state index is 0. The Kier molecular flexibility index (Phi) is 2.19. The number of thiazole rings is 1. The summed E-state index contributed by atoms with van der Waals surface area (Å²) in [5, 5.41) is 0. The predicted molar refractivity (Wildman–Crippen MR) is 44.7 cm³/mol. The summed E-state index contributed by atoms with van der Waals surface area (Å²) >= 11 is 1.61. The molecule has 0 atom stereocenters. The zero-order valence-electron chi connectivity index (χ0n) is 5.02. The standard InChI is InChI=1S/C6H4N2S.ClH/c1-2-5-6(7-3-1)8-4-9-5;/h1-4H;1H. The molecule has 0 unspecified atom stereocenters. The summed E-state index contributed by atoms with van der Waals surface area (Å²) in [6.45, 7) is 0. The van der Waals surface area contributed by atoms with Gasteiger partial charge in [0.1, 0.15) is 0 Å². The number of halogens is 1. The zero-order valence-corrected chi connectivity index (χ0v) is 6.65. The van der Waals surface area contributed by atoms with E-state index in [1.165, 1.54) is 0 Å². The fourth-order valence-corrected chi connectivity index (χ4v) is 1.34. The van der Waals surface area contributed by atoms with Gasteiger partial charge in [0, 0.05) is 6.20 Å². The fraction of sp³-hybridized carbons (Fsp3) is 0. The molecule has 4 heteroatoms. The second-order valence-corrected chi connectivity index (χ2v) is 2.56. The van der Waals surface area contributed by atoms with Crippen LogP contribution in [0.2, 0.25) is 0 Å². The molecule has 0 spiro atoms. The second kappa shape index (κ2) is 2.94. The van der Waals surface area contributed by atoms with Gasteiger partial charge < -0.3 is 0 Å². The molecule has 2 aromatic rings. The highest BCUT2D eigenvalue weighted by Gasteiger charge is 1.91. The van der Waals surface area contributed by atoms with Gasteiger partial charge in [-0.3, -0.25) is 0 Å². The molecule has 2 aromatic heterocycles. The topological polar surface area (TPSA) is 25.8 Å². The Morgan fingerprint density at radius 1 is 1.30 bits per heavy atom. The van der Waals surface area contributed by atoms with Gasteiger partial charge in [0.2, 0.25) is 0 Å². The number of nitrogens with zero attached hydrogens (tertiary/aromatic N) is 2. The Labute approximate surface area is 68.3 Å². The molecule has 0 N–H and O–H groups in total. The van der Waals surface area contributed by atoms with Crippen LogP contribution in [0.4, 0.5) is 0 Å². The molecule has 0 amide bonds. The van der Waals surface area contributed by atoms with Crippen LogP contribution in [0.3, 0.4) is 0 Å². The Balaban J connectivity index is 0.000000500. The van der Waals surface area contributed by atoms with Crippen LogP contribution in [-0.2, 0) is 0 Å². The number of pyridine rings is 1. The van der Waals surface area contributed by atoms with Crippen molar-refractivity contribution < 1.29 is 0 Å². The zero-order chi connectivity index (χ0) is 6.10. The van der Waals surface area contributed by atoms with Crippen molar-refractivity contribution in [2.75, 3.05) is 0 Å². The molecular weight excluding hydrogens is 168 g/mol. The molecular formula is C6H5ClN2S. The highest BCUT2D eigenvalue weighted by molar-refractivity contribution is 7.16. The van der Waals surface area contributed by atoms with Crippen molar-refractivity contribution in [3.8, 4) is 0 Å². The lowest BCUT2D eigenvalue weighted by Crippen LogP contribution is -1.70. The van der Waals surface area contributed by atoms with Gasteiger partial charge in [0.15, 0.2) is 5.65 Å². The number of hydrogen-bond donors (Lipinski definition) is 0. The van der Waals surface area contributed by atoms with E-state index in [4.69, 9.17) is 0 Å². The molecule has 0 aliphatic carbocycles. The second-order valence-electron chi connectivity index (χ2n) is 1.68. The van der Waals surface area contributed by atoms with E-state index in [2.05, 4.69) is 9.97 Å². The van der Waals surface area contributed by atoms with Gasteiger partial charge in [-0.25, -0.2) is 9.97 Å². The van der Waals surface area contributed by atoms with E-state index in [9.17, 15) is 0 Å². The quantitative estimate of drug-likeness (QED) is 0.609. The first-order valence-corrected chi connectivity index (χ1v) is 3.49. The third kappa shape index (κ3) is 1.10. The van der Waals surface area contributed by atoms with Crippen molar-refractivity contribution in [3.63, 3.8) is 0 Å². The van der Waals surface area contributed by atoms with Crippen molar-refractivity contribution in [1.82, 2.24) is 9.97 Å². The van der Waals surface area contributed by atoms with Crippen molar-refractivity contribution in [1.29, 1.82) is 0 Å². The summed E-state index contributed by atoms with van der Waals surface area (Å²) in [7, 11) is 0. The monoisotopic (exact) mass is 172 g/mol. The molecule has 2 rings (SSSR count). The van der Waals surface area contributed by atoms with Crippen molar-refractivity contribution in [2.45, 2.75) is 0 Å². The van der Waals surface area contributed by atoms with E-state index in [-0.39, 0.29) is 12.4 Å². The van der Waals surface area contributed by atoms with Crippen LogP contribution in [0, 0.1) is 0 Å². The van der Waals surface area contributed by atoms with Crippen LogP contribution in [-0.4, -0.2) is 9.97 Å². The molecule has 0 fully saturated rings. The summed E-state index contributed by atoms with van der Waals surface area (Å²) in [4.78, 5) is 8.07. The minimum atomic E-state index is 0. The van der Waals surface area contributed by atoms with E-state index < -0.39 is 0 Å². The van der Waals surface area contributed by atoms with E-state index in [0.717, 1.165) is 10.3 Å². The first-order chi connectivity index (χ1) is 4.47. The summed E-state index contributed by atoms with van der Waals surface area (Å²) in [6.07, 6.45) is 1.75. The fourth-order valence-electron chi connectivity index (χ4n) is 0.704. The van der Waals surface area contributed by atoms with Crippen molar-refractivity contribution in [2.24, 2.45) is 0 Å². The van der Waals surface area contributed by atoms with Crippen LogP contribution in [0.15, 0.2) is 23.8 Å². The molecule has 2 heterocycles. The first kappa shape index (κ1) is 7.44. The van der Waals surface area contributed by atoms with Gasteiger partial charge in [0.05, 0.1) is 10.2 Å². The maximum Gasteiger partial charge on any atom is 0.170 e. The molecule has 2 nitrogen and oxygen atoms in total. The molecule has 0 bridgehead atoms. The van der Waals surface area contributed by atoms with Crippen LogP contribution < -0.4 is 0 Å². The van der Waals surface area contributed by atoms with Crippen molar-refractivity contribution >= 4 is 34.1 Å². The lowest BCUT2D eigenvalue weighted by molar-refractivity contribution is 1.33. The van der Waals surface area contributed by atoms with Crippen molar-refractivity contribution in [3.05, 3.63) is 23.8 Å². The Morgan fingerprint density at radius 2 is 2.20 bits per heavy atom. The maximum absolute atomic E-state index is 4.04. The Bertz CT molecular complexity index is 290. The lowest BCUT2D eigenvalue weighted by atomic mass is 10.5. The smallest absolute Gasteiger partial charge is 0.170 e. The van der Waals surface area contributed by atoms with Crippen LogP contribution in [0.5, 0.6) is 0 Å². The summed E-state index contributed by atoms with van der Waals surface area (Å²) < 4.78 is 1.15. The molecule has 0 radical (unpaired) electrons. The first-order valence-electron chi connectivity index (χ1n) is 2.61. The van der Waals surface area contributed by atoms with Gasteiger partial charge in [-0.15, -0.1) is 23.7 Å². The average Bonchev–Trinajstić information content (AvgIpc) is 2.33. The third-order valence-corrected chi connectivity index (χ3v) is 1.89. The minimum Gasteiger partial charge on any atom is -0.236 e. The molecule has 0 aromatic carbocycles. The summed E-state index contributed by atoms with van der Waals surface area (Å²) in [5.74, 6) is 0. The summed E-state index contributed by atoms with van der Waals surface area (Å²) in [5.41, 5.74) is 2.65. The lowest BCUT2D eigenvalue weighted by Gasteiger charge is -1.79. The molecule has 0 saturated carbocycles. The normalized spacial score (nSPS) is 9.20. The number of rotatable bonds is 0. The van der Waals surface area contributed by atoms with Gasteiger partial charge >= 0.3 is 0 Å². The Morgan fingerprint density at radius 3 is 3.00 bits per heavy atom. The van der Waals surface area contributed by atoms with Gasteiger partial charge in [0.25, 0.3) is 0 Å². The average molecular weight is 173 g/mol. The number of fused-ring (bicyclic) bond motifs is 1. The largest absolute Gasteiger partial charge is 0.236 e. The van der Waals surface area contributed by atoms with E-state index >= 15 is 0 Å². The molecule has 0 saturated heterocycles. The molecule has 10 heavy (non-hydrogen) atoms. The summed E-state index contributed by atoms with van der Waals surface area (Å²) in [6, 6.07) is 3.93. The Hall–Kier alpha value is -0.670. The molecule has 0 aliphatic rings. The number of hydrogen-bond acceptors (Lipinski definition) is 3. The van der Waals surface area contributed by atoms with Gasteiger partial charge in [-0.1, -0.05) is 0 Å². The predicted octanol–water partition coefficient (Wildman–Crippen LogP) is 2.11. The van der Waals surface area contributed by atoms with E-state index in [0.29, 0.717) is 0 Å². The van der Waals surface area contributed by atoms with Crippen LogP contribution >= 0.6 is 23.7 Å². The van der Waals surface area contributed by atoms with Crippen LogP contribution in [0.1, 0.15) is 0 Å². The maximum atomic E-state index is 4.04. The van der Waals surface area contributed by atoms with Crippen LogP contribution in [0.25, 0.3) is 10.3 Å². The molecule has 0 aliphatic heterocycles. The van der Waals surface area contributed by atoms with E-state index in [1.54, 1.807) is 23.0 Å². The highest BCUT2D eigenvalue weighted by Crippen LogP contribution is 2.12. The van der Waals surface area contributed by atoms with Gasteiger partial charge in [-0.2, -0.15) is 0 Å². The van der Waals surface area contributed by atoms with Gasteiger partial charge in [-0.05, 0) is 12.1 Å². The number of aromatic nitrogens is 2.